The molecule has 0 N–H and O–H groups in total. The molecule has 168 valence electrons. The number of nitrogens with zero attached hydrogens (tertiary/aromatic N) is 1. The third-order valence-electron chi connectivity index (χ3n) is 5.19. The van der Waals surface area contributed by atoms with Gasteiger partial charge in [0.15, 0.2) is 11.5 Å². The lowest BCUT2D eigenvalue weighted by Gasteiger charge is -2.18. The zero-order valence-electron chi connectivity index (χ0n) is 17.7. The first kappa shape index (κ1) is 23.1. The fourth-order valence-electron chi connectivity index (χ4n) is 3.57. The van der Waals surface area contributed by atoms with Gasteiger partial charge in [0.25, 0.3) is 5.91 Å². The Hall–Kier alpha value is -2.06. The lowest BCUT2D eigenvalue weighted by molar-refractivity contribution is -0.123. The summed E-state index contributed by atoms with van der Waals surface area (Å²) >= 11 is 13.0. The summed E-state index contributed by atoms with van der Waals surface area (Å²) in [6.07, 6.45) is 3.90. The first-order chi connectivity index (χ1) is 15.5. The molecule has 4 rings (SSSR count). The topological polar surface area (TPSA) is 48.0 Å². The maximum Gasteiger partial charge on any atom is 0.266 e. The van der Waals surface area contributed by atoms with E-state index in [1.54, 1.807) is 4.90 Å². The van der Waals surface area contributed by atoms with E-state index in [4.69, 9.17) is 38.0 Å². The first-order valence-corrected chi connectivity index (χ1v) is 12.2. The second-order valence-corrected chi connectivity index (χ2v) is 9.53. The molecule has 1 atom stereocenters. The average molecular weight is 490 g/mol. The summed E-state index contributed by atoms with van der Waals surface area (Å²) in [4.78, 5) is 15.1. The number of halogens is 1. The number of rotatable bonds is 8. The van der Waals surface area contributed by atoms with Crippen LogP contribution in [0, 0.1) is 0 Å². The van der Waals surface area contributed by atoms with Crippen LogP contribution in [0.15, 0.2) is 47.4 Å². The quantitative estimate of drug-likeness (QED) is 0.350. The Morgan fingerprint density at radius 2 is 2.09 bits per heavy atom. The van der Waals surface area contributed by atoms with Gasteiger partial charge in [0.2, 0.25) is 0 Å². The van der Waals surface area contributed by atoms with Crippen LogP contribution in [0.4, 0.5) is 0 Å². The van der Waals surface area contributed by atoms with Gasteiger partial charge in [-0.15, -0.1) is 0 Å². The van der Waals surface area contributed by atoms with Gasteiger partial charge in [-0.05, 0) is 49.6 Å². The molecular weight excluding hydrogens is 466 g/mol. The summed E-state index contributed by atoms with van der Waals surface area (Å²) in [5.74, 6) is 1.16. The number of carbonyl (C=O) groups is 1. The minimum Gasteiger partial charge on any atom is -0.490 e. The monoisotopic (exact) mass is 489 g/mol. The normalized spacial score (nSPS) is 19.8. The molecular formula is C24H24ClNO4S2. The Kier molecular flexibility index (Phi) is 7.73. The molecule has 2 heterocycles. The molecule has 0 saturated carbocycles. The maximum absolute atomic E-state index is 12.9. The highest BCUT2D eigenvalue weighted by Crippen LogP contribution is 2.36. The summed E-state index contributed by atoms with van der Waals surface area (Å²) < 4.78 is 18.0. The number of carbonyl (C=O) groups excluding carboxylic acids is 1. The molecule has 1 amide bonds. The van der Waals surface area contributed by atoms with Crippen molar-refractivity contribution in [2.24, 2.45) is 0 Å². The van der Waals surface area contributed by atoms with Crippen LogP contribution in [0.5, 0.6) is 11.5 Å². The van der Waals surface area contributed by atoms with Gasteiger partial charge in [-0.25, -0.2) is 0 Å². The van der Waals surface area contributed by atoms with Crippen LogP contribution in [-0.2, 0) is 16.1 Å². The number of ether oxygens (including phenoxy) is 3. The molecule has 0 aliphatic carbocycles. The molecule has 2 aromatic rings. The van der Waals surface area contributed by atoms with Gasteiger partial charge in [0.1, 0.15) is 10.9 Å². The average Bonchev–Trinajstić information content (AvgIpc) is 3.39. The number of thiocarbonyl (C=S) groups is 1. The molecule has 0 aromatic heterocycles. The highest BCUT2D eigenvalue weighted by Gasteiger charge is 2.34. The molecule has 0 bridgehead atoms. The van der Waals surface area contributed by atoms with Crippen LogP contribution in [-0.4, -0.2) is 41.0 Å². The Bertz CT molecular complexity index is 1040. The van der Waals surface area contributed by atoms with Crippen LogP contribution >= 0.6 is 35.6 Å². The third-order valence-corrected chi connectivity index (χ3v) is 6.94. The maximum atomic E-state index is 12.9. The lowest BCUT2D eigenvalue weighted by atomic mass is 10.1. The largest absolute Gasteiger partial charge is 0.490 e. The zero-order valence-corrected chi connectivity index (χ0v) is 20.1. The standard InChI is InChI=1S/C24H24ClNO4S2/c1-2-28-21-12-16(9-10-20(21)30-15-17-6-3-4-8-19(17)25)13-22-23(27)26(24(31)32-22)14-18-7-5-11-29-18/h3-4,6,8-10,12-13,18H,2,5,7,11,14-15H2,1H3/b22-13-/t18-/m0/s1. The van der Waals surface area contributed by atoms with Gasteiger partial charge >= 0.3 is 0 Å². The summed E-state index contributed by atoms with van der Waals surface area (Å²) in [5.41, 5.74) is 1.74. The molecule has 0 radical (unpaired) electrons. The van der Waals surface area contributed by atoms with Gasteiger partial charge in [0, 0.05) is 17.2 Å². The smallest absolute Gasteiger partial charge is 0.266 e. The predicted molar refractivity (Wildman–Crippen MR) is 132 cm³/mol. The van der Waals surface area contributed by atoms with E-state index >= 15 is 0 Å². The zero-order chi connectivity index (χ0) is 22.5. The highest BCUT2D eigenvalue weighted by atomic mass is 35.5. The fraction of sp³-hybridized carbons (Fsp3) is 0.333. The van der Waals surface area contributed by atoms with E-state index in [1.807, 2.05) is 55.5 Å². The van der Waals surface area contributed by atoms with Crippen molar-refractivity contribution in [1.82, 2.24) is 4.90 Å². The Morgan fingerprint density at radius 1 is 1.25 bits per heavy atom. The summed E-state index contributed by atoms with van der Waals surface area (Å²) in [5, 5.41) is 0.659. The molecule has 32 heavy (non-hydrogen) atoms. The van der Waals surface area contributed by atoms with Gasteiger partial charge in [-0.2, -0.15) is 0 Å². The number of thioether (sulfide) groups is 1. The van der Waals surface area contributed by atoms with E-state index in [-0.39, 0.29) is 12.0 Å². The fourth-order valence-corrected chi connectivity index (χ4v) is 5.04. The molecule has 2 aliphatic rings. The summed E-state index contributed by atoms with van der Waals surface area (Å²) in [6, 6.07) is 13.2. The molecule has 0 spiro atoms. The van der Waals surface area contributed by atoms with E-state index in [0.29, 0.717) is 45.5 Å². The lowest BCUT2D eigenvalue weighted by Crippen LogP contribution is -2.35. The third kappa shape index (κ3) is 5.46. The number of hydrogen-bond acceptors (Lipinski definition) is 6. The van der Waals surface area contributed by atoms with Gasteiger partial charge in [0.05, 0.1) is 24.2 Å². The molecule has 8 heteroatoms. The van der Waals surface area contributed by atoms with Crippen LogP contribution < -0.4 is 9.47 Å². The minimum absolute atomic E-state index is 0.0657. The second kappa shape index (κ2) is 10.7. The Balaban J connectivity index is 1.49. The SMILES string of the molecule is CCOc1cc(/C=C2\SC(=S)N(C[C@@H]3CCCO3)C2=O)ccc1OCc1ccccc1Cl. The number of hydrogen-bond donors (Lipinski definition) is 0. The minimum atomic E-state index is -0.0764. The molecule has 2 aliphatic heterocycles. The van der Waals surface area contributed by atoms with Gasteiger partial charge in [-0.3, -0.25) is 9.69 Å². The summed E-state index contributed by atoms with van der Waals surface area (Å²) in [7, 11) is 0. The van der Waals surface area contributed by atoms with Crippen LogP contribution in [0.25, 0.3) is 6.08 Å². The predicted octanol–water partition coefficient (Wildman–Crippen LogP) is 5.70. The van der Waals surface area contributed by atoms with Crippen molar-refractivity contribution in [3.63, 3.8) is 0 Å². The van der Waals surface area contributed by atoms with Crippen molar-refractivity contribution < 1.29 is 19.0 Å². The van der Waals surface area contributed by atoms with E-state index in [9.17, 15) is 4.79 Å². The Morgan fingerprint density at radius 3 is 2.84 bits per heavy atom. The van der Waals surface area contributed by atoms with Gasteiger partial charge < -0.3 is 14.2 Å². The second-order valence-electron chi connectivity index (χ2n) is 7.45. The van der Waals surface area contributed by atoms with E-state index < -0.39 is 0 Å². The van der Waals surface area contributed by atoms with Crippen molar-refractivity contribution in [3.8, 4) is 11.5 Å². The molecule has 2 aromatic carbocycles. The molecule has 2 saturated heterocycles. The highest BCUT2D eigenvalue weighted by molar-refractivity contribution is 8.26. The molecule has 0 unspecified atom stereocenters. The van der Waals surface area contributed by atoms with Crippen molar-refractivity contribution in [1.29, 1.82) is 0 Å². The summed E-state index contributed by atoms with van der Waals surface area (Å²) in [6.45, 7) is 4.01. The van der Waals surface area contributed by atoms with Crippen LogP contribution in [0.2, 0.25) is 5.02 Å². The van der Waals surface area contributed by atoms with E-state index in [2.05, 4.69) is 0 Å². The van der Waals surface area contributed by atoms with Crippen molar-refractivity contribution in [3.05, 3.63) is 63.5 Å². The number of benzene rings is 2. The first-order valence-electron chi connectivity index (χ1n) is 10.5. The molecule has 2 fully saturated rings. The van der Waals surface area contributed by atoms with Gasteiger partial charge in [-0.1, -0.05) is 59.8 Å². The Labute approximate surface area is 202 Å². The number of amides is 1. The van der Waals surface area contributed by atoms with Crippen LogP contribution in [0.3, 0.4) is 0 Å². The molecule has 5 nitrogen and oxygen atoms in total. The van der Waals surface area contributed by atoms with E-state index in [0.717, 1.165) is 30.6 Å². The van der Waals surface area contributed by atoms with Crippen molar-refractivity contribution in [2.45, 2.75) is 32.5 Å². The van der Waals surface area contributed by atoms with Crippen molar-refractivity contribution in [2.75, 3.05) is 19.8 Å². The van der Waals surface area contributed by atoms with Crippen LogP contribution in [0.1, 0.15) is 30.9 Å². The van der Waals surface area contributed by atoms with Crippen molar-refractivity contribution >= 4 is 51.9 Å². The van der Waals surface area contributed by atoms with E-state index in [1.165, 1.54) is 11.8 Å².